The first-order valence-electron chi connectivity index (χ1n) is 5.74. The van der Waals surface area contributed by atoms with Gasteiger partial charge in [-0.2, -0.15) is 0 Å². The summed E-state index contributed by atoms with van der Waals surface area (Å²) >= 11 is 5.40. The standard InChI is InChI=1S/C12H18BrNOS/c1-14(7-10-3-2-5-15-9-10)8-12-11(13)4-6-16-12/h4,6,10H,2-3,5,7-9H2,1H3. The third kappa shape index (κ3) is 3.55. The van der Waals surface area contributed by atoms with Crippen LogP contribution < -0.4 is 0 Å². The Kier molecular flexibility index (Phi) is 4.82. The minimum Gasteiger partial charge on any atom is -0.381 e. The Balaban J connectivity index is 1.79. The van der Waals surface area contributed by atoms with Crippen LogP contribution in [0.2, 0.25) is 0 Å². The summed E-state index contributed by atoms with van der Waals surface area (Å²) in [5.41, 5.74) is 0. The first kappa shape index (κ1) is 12.6. The van der Waals surface area contributed by atoms with Gasteiger partial charge in [-0.1, -0.05) is 0 Å². The highest BCUT2D eigenvalue weighted by Gasteiger charge is 2.16. The second-order valence-corrected chi connectivity index (χ2v) is 6.33. The van der Waals surface area contributed by atoms with Gasteiger partial charge in [0.15, 0.2) is 0 Å². The second-order valence-electron chi connectivity index (χ2n) is 4.47. The maximum absolute atomic E-state index is 5.51. The predicted molar refractivity (Wildman–Crippen MR) is 71.9 cm³/mol. The van der Waals surface area contributed by atoms with Crippen LogP contribution in [0, 0.1) is 5.92 Å². The Bertz CT molecular complexity index is 323. The molecule has 1 aliphatic heterocycles. The fraction of sp³-hybridized carbons (Fsp3) is 0.667. The average molecular weight is 304 g/mol. The SMILES string of the molecule is CN(Cc1sccc1Br)CC1CCCOC1. The molecule has 4 heteroatoms. The first-order valence-corrected chi connectivity index (χ1v) is 7.41. The smallest absolute Gasteiger partial charge is 0.0506 e. The molecule has 0 saturated carbocycles. The lowest BCUT2D eigenvalue weighted by Gasteiger charge is -2.26. The summed E-state index contributed by atoms with van der Waals surface area (Å²) in [6, 6.07) is 2.12. The van der Waals surface area contributed by atoms with Crippen LogP contribution in [0.15, 0.2) is 15.9 Å². The largest absolute Gasteiger partial charge is 0.381 e. The molecule has 2 rings (SSSR count). The van der Waals surface area contributed by atoms with E-state index in [4.69, 9.17) is 4.74 Å². The number of halogens is 1. The first-order chi connectivity index (χ1) is 7.75. The van der Waals surface area contributed by atoms with Crippen molar-refractivity contribution >= 4 is 27.3 Å². The summed E-state index contributed by atoms with van der Waals surface area (Å²) < 4.78 is 6.75. The van der Waals surface area contributed by atoms with Gasteiger partial charge >= 0.3 is 0 Å². The Morgan fingerprint density at radius 2 is 2.50 bits per heavy atom. The van der Waals surface area contributed by atoms with E-state index in [9.17, 15) is 0 Å². The lowest BCUT2D eigenvalue weighted by Crippen LogP contribution is -2.30. The quantitative estimate of drug-likeness (QED) is 0.845. The van der Waals surface area contributed by atoms with Gasteiger partial charge in [0.1, 0.15) is 0 Å². The van der Waals surface area contributed by atoms with E-state index in [0.29, 0.717) is 0 Å². The van der Waals surface area contributed by atoms with Gasteiger partial charge in [-0.15, -0.1) is 11.3 Å². The fourth-order valence-corrected chi connectivity index (χ4v) is 3.70. The molecule has 1 saturated heterocycles. The van der Waals surface area contributed by atoms with Gasteiger partial charge in [-0.3, -0.25) is 0 Å². The van der Waals surface area contributed by atoms with Gasteiger partial charge in [-0.25, -0.2) is 0 Å². The zero-order valence-electron chi connectivity index (χ0n) is 9.62. The van der Waals surface area contributed by atoms with E-state index in [2.05, 4.69) is 39.3 Å². The molecule has 1 aliphatic rings. The van der Waals surface area contributed by atoms with Crippen LogP contribution in [0.3, 0.4) is 0 Å². The Hall–Kier alpha value is 0.1000. The summed E-state index contributed by atoms with van der Waals surface area (Å²) in [7, 11) is 2.20. The molecule has 2 heterocycles. The van der Waals surface area contributed by atoms with Crippen molar-refractivity contribution in [2.24, 2.45) is 5.92 Å². The number of hydrogen-bond donors (Lipinski definition) is 0. The molecule has 1 unspecified atom stereocenters. The molecule has 0 aliphatic carbocycles. The van der Waals surface area contributed by atoms with Crippen LogP contribution in [-0.4, -0.2) is 31.7 Å². The molecule has 0 N–H and O–H groups in total. The maximum atomic E-state index is 5.51. The van der Waals surface area contributed by atoms with E-state index in [-0.39, 0.29) is 0 Å². The zero-order chi connectivity index (χ0) is 11.4. The van der Waals surface area contributed by atoms with Crippen molar-refractivity contribution in [3.63, 3.8) is 0 Å². The summed E-state index contributed by atoms with van der Waals surface area (Å²) in [6.07, 6.45) is 2.54. The van der Waals surface area contributed by atoms with Crippen molar-refractivity contribution in [2.45, 2.75) is 19.4 Å². The molecule has 1 atom stereocenters. The molecule has 0 aromatic carbocycles. The van der Waals surface area contributed by atoms with E-state index in [1.165, 1.54) is 22.2 Å². The number of thiophene rings is 1. The van der Waals surface area contributed by atoms with Gasteiger partial charge < -0.3 is 9.64 Å². The number of ether oxygens (including phenoxy) is 1. The highest BCUT2D eigenvalue weighted by Crippen LogP contribution is 2.24. The van der Waals surface area contributed by atoms with E-state index in [1.54, 1.807) is 0 Å². The minimum absolute atomic E-state index is 0.720. The van der Waals surface area contributed by atoms with Crippen LogP contribution in [0.5, 0.6) is 0 Å². The second kappa shape index (κ2) is 6.15. The van der Waals surface area contributed by atoms with Crippen molar-refractivity contribution in [1.29, 1.82) is 0 Å². The molecule has 16 heavy (non-hydrogen) atoms. The zero-order valence-corrected chi connectivity index (χ0v) is 12.0. The lowest BCUT2D eigenvalue weighted by molar-refractivity contribution is 0.0412. The van der Waals surface area contributed by atoms with E-state index < -0.39 is 0 Å². The van der Waals surface area contributed by atoms with Gasteiger partial charge in [0.25, 0.3) is 0 Å². The van der Waals surface area contributed by atoms with Gasteiger partial charge in [-0.05, 0) is 53.2 Å². The van der Waals surface area contributed by atoms with Crippen molar-refractivity contribution in [1.82, 2.24) is 4.90 Å². The summed E-state index contributed by atoms with van der Waals surface area (Å²) in [5, 5.41) is 2.14. The van der Waals surface area contributed by atoms with Crippen molar-refractivity contribution in [2.75, 3.05) is 26.8 Å². The summed E-state index contributed by atoms with van der Waals surface area (Å²) in [5.74, 6) is 0.720. The van der Waals surface area contributed by atoms with E-state index >= 15 is 0 Å². The van der Waals surface area contributed by atoms with E-state index in [1.807, 2.05) is 11.3 Å². The molecule has 1 fully saturated rings. The number of hydrogen-bond acceptors (Lipinski definition) is 3. The van der Waals surface area contributed by atoms with Gasteiger partial charge in [0.05, 0.1) is 6.61 Å². The van der Waals surface area contributed by atoms with Crippen LogP contribution in [-0.2, 0) is 11.3 Å². The molecule has 0 bridgehead atoms. The molecular weight excluding hydrogens is 286 g/mol. The van der Waals surface area contributed by atoms with Crippen LogP contribution >= 0.6 is 27.3 Å². The highest BCUT2D eigenvalue weighted by molar-refractivity contribution is 9.10. The molecule has 0 amide bonds. The highest BCUT2D eigenvalue weighted by atomic mass is 79.9. The molecule has 0 radical (unpaired) electrons. The van der Waals surface area contributed by atoms with E-state index in [0.717, 1.165) is 32.2 Å². The average Bonchev–Trinajstić information content (AvgIpc) is 2.66. The Labute approximate surface area is 110 Å². The number of nitrogens with zero attached hydrogens (tertiary/aromatic N) is 1. The van der Waals surface area contributed by atoms with Gasteiger partial charge in [0, 0.05) is 29.0 Å². The number of rotatable bonds is 4. The monoisotopic (exact) mass is 303 g/mol. The third-order valence-electron chi connectivity index (χ3n) is 2.93. The molecule has 0 spiro atoms. The molecule has 90 valence electrons. The topological polar surface area (TPSA) is 12.5 Å². The predicted octanol–water partition coefficient (Wildman–Crippen LogP) is 3.37. The minimum atomic E-state index is 0.720. The summed E-state index contributed by atoms with van der Waals surface area (Å²) in [6.45, 7) is 4.08. The molecule has 1 aromatic heterocycles. The van der Waals surface area contributed by atoms with Crippen molar-refractivity contribution in [3.05, 3.63) is 20.8 Å². The lowest BCUT2D eigenvalue weighted by atomic mass is 10.0. The molecule has 2 nitrogen and oxygen atoms in total. The van der Waals surface area contributed by atoms with Crippen LogP contribution in [0.1, 0.15) is 17.7 Å². The summed E-state index contributed by atoms with van der Waals surface area (Å²) in [4.78, 5) is 3.81. The maximum Gasteiger partial charge on any atom is 0.0506 e. The Morgan fingerprint density at radius 3 is 3.12 bits per heavy atom. The van der Waals surface area contributed by atoms with Crippen LogP contribution in [0.4, 0.5) is 0 Å². The fourth-order valence-electron chi connectivity index (χ4n) is 2.14. The molecule has 1 aromatic rings. The Morgan fingerprint density at radius 1 is 1.62 bits per heavy atom. The third-order valence-corrected chi connectivity index (χ3v) is 4.84. The van der Waals surface area contributed by atoms with Crippen molar-refractivity contribution in [3.8, 4) is 0 Å². The van der Waals surface area contributed by atoms with Gasteiger partial charge in [0.2, 0.25) is 0 Å². The normalized spacial score (nSPS) is 21.6. The van der Waals surface area contributed by atoms with Crippen LogP contribution in [0.25, 0.3) is 0 Å². The van der Waals surface area contributed by atoms with Crippen molar-refractivity contribution < 1.29 is 4.74 Å². The molecular formula is C12H18BrNOS.